The molecule has 0 aromatic heterocycles. The first-order valence-electron chi connectivity index (χ1n) is 9.09. The number of benzene rings is 2. The average Bonchev–Trinajstić information content (AvgIpc) is 3.22. The van der Waals surface area contributed by atoms with Gasteiger partial charge in [-0.05, 0) is 30.5 Å². The minimum absolute atomic E-state index is 0.000450. The molecule has 134 valence electrons. The van der Waals surface area contributed by atoms with Crippen LogP contribution in [0.25, 0.3) is 0 Å². The van der Waals surface area contributed by atoms with Crippen molar-refractivity contribution in [2.75, 3.05) is 31.1 Å². The summed E-state index contributed by atoms with van der Waals surface area (Å²) in [6.45, 7) is 4.76. The van der Waals surface area contributed by atoms with Crippen LogP contribution >= 0.6 is 0 Å². The van der Waals surface area contributed by atoms with Gasteiger partial charge in [-0.25, -0.2) is 4.79 Å². The third kappa shape index (κ3) is 3.17. The third-order valence-corrected chi connectivity index (χ3v) is 5.19. The fraction of sp³-hybridized carbons (Fsp3) is 0.333. The predicted octanol–water partition coefficient (Wildman–Crippen LogP) is 2.82. The molecular formula is C21H23N3O2. The molecule has 1 fully saturated rings. The normalized spacial score (nSPS) is 16.3. The summed E-state index contributed by atoms with van der Waals surface area (Å²) >= 11 is 0. The van der Waals surface area contributed by atoms with Crippen LogP contribution in [-0.2, 0) is 17.8 Å². The van der Waals surface area contributed by atoms with Crippen molar-refractivity contribution >= 4 is 17.6 Å². The van der Waals surface area contributed by atoms with Crippen molar-refractivity contribution < 1.29 is 9.59 Å². The number of urea groups is 1. The second-order valence-corrected chi connectivity index (χ2v) is 7.04. The number of nitrogens with zero attached hydrogens (tertiary/aromatic N) is 3. The zero-order chi connectivity index (χ0) is 18.1. The summed E-state index contributed by atoms with van der Waals surface area (Å²) in [5.74, 6) is 0.000450. The van der Waals surface area contributed by atoms with Crippen LogP contribution in [0.3, 0.4) is 0 Å². The van der Waals surface area contributed by atoms with E-state index >= 15 is 0 Å². The van der Waals surface area contributed by atoms with Gasteiger partial charge in [0.2, 0.25) is 5.91 Å². The van der Waals surface area contributed by atoms with Crippen LogP contribution in [0.15, 0.2) is 48.5 Å². The fourth-order valence-corrected chi connectivity index (χ4v) is 3.69. The number of hydrogen-bond donors (Lipinski definition) is 0. The van der Waals surface area contributed by atoms with Crippen molar-refractivity contribution in [2.24, 2.45) is 0 Å². The highest BCUT2D eigenvalue weighted by atomic mass is 16.2. The van der Waals surface area contributed by atoms with Crippen LogP contribution in [0.4, 0.5) is 10.5 Å². The van der Waals surface area contributed by atoms with E-state index in [0.29, 0.717) is 26.2 Å². The van der Waals surface area contributed by atoms with Crippen molar-refractivity contribution in [1.29, 1.82) is 0 Å². The summed E-state index contributed by atoms with van der Waals surface area (Å²) in [6, 6.07) is 16.2. The van der Waals surface area contributed by atoms with E-state index in [1.165, 1.54) is 11.1 Å². The molecular weight excluding hydrogens is 326 g/mol. The van der Waals surface area contributed by atoms with E-state index in [-0.39, 0.29) is 18.5 Å². The van der Waals surface area contributed by atoms with E-state index in [0.717, 1.165) is 17.7 Å². The lowest BCUT2D eigenvalue weighted by molar-refractivity contribution is -0.119. The number of hydrogen-bond acceptors (Lipinski definition) is 2. The van der Waals surface area contributed by atoms with Gasteiger partial charge in [-0.15, -0.1) is 0 Å². The summed E-state index contributed by atoms with van der Waals surface area (Å²) < 4.78 is 0. The minimum atomic E-state index is -0.0496. The highest BCUT2D eigenvalue weighted by molar-refractivity contribution is 5.98. The molecule has 0 N–H and O–H groups in total. The summed E-state index contributed by atoms with van der Waals surface area (Å²) in [5, 5.41) is 0. The van der Waals surface area contributed by atoms with E-state index in [1.807, 2.05) is 28.0 Å². The monoisotopic (exact) mass is 349 g/mol. The molecule has 26 heavy (non-hydrogen) atoms. The van der Waals surface area contributed by atoms with Gasteiger partial charge in [0.15, 0.2) is 0 Å². The molecule has 4 rings (SSSR count). The van der Waals surface area contributed by atoms with E-state index in [4.69, 9.17) is 0 Å². The topological polar surface area (TPSA) is 43.9 Å². The Morgan fingerprint density at radius 3 is 2.50 bits per heavy atom. The molecule has 3 amide bonds. The second-order valence-electron chi connectivity index (χ2n) is 7.04. The van der Waals surface area contributed by atoms with E-state index < -0.39 is 0 Å². The van der Waals surface area contributed by atoms with Gasteiger partial charge >= 0.3 is 6.03 Å². The molecule has 1 saturated heterocycles. The van der Waals surface area contributed by atoms with E-state index in [9.17, 15) is 9.59 Å². The Balaban J connectivity index is 1.38. The smallest absolute Gasteiger partial charge is 0.319 e. The molecule has 5 nitrogen and oxygen atoms in total. The third-order valence-electron chi connectivity index (χ3n) is 5.19. The van der Waals surface area contributed by atoms with Crippen LogP contribution in [-0.4, -0.2) is 47.9 Å². The van der Waals surface area contributed by atoms with Gasteiger partial charge in [0.1, 0.15) is 6.54 Å². The minimum Gasteiger partial charge on any atom is -0.319 e. The van der Waals surface area contributed by atoms with Gasteiger partial charge in [0.25, 0.3) is 0 Å². The summed E-state index contributed by atoms with van der Waals surface area (Å²) in [7, 11) is 0. The number of aryl methyl sites for hydroxylation is 1. The van der Waals surface area contributed by atoms with Crippen LogP contribution in [0, 0.1) is 6.92 Å². The van der Waals surface area contributed by atoms with Gasteiger partial charge < -0.3 is 14.7 Å². The molecule has 0 spiro atoms. The molecule has 0 aliphatic carbocycles. The van der Waals surface area contributed by atoms with Gasteiger partial charge in [-0.1, -0.05) is 48.0 Å². The Morgan fingerprint density at radius 2 is 1.69 bits per heavy atom. The van der Waals surface area contributed by atoms with Gasteiger partial charge in [-0.2, -0.15) is 0 Å². The van der Waals surface area contributed by atoms with Crippen molar-refractivity contribution in [3.05, 3.63) is 65.2 Å². The number of carbonyl (C=O) groups excluding carboxylic acids is 2. The Labute approximate surface area is 153 Å². The van der Waals surface area contributed by atoms with Crippen LogP contribution in [0.5, 0.6) is 0 Å². The number of amides is 3. The number of fused-ring (bicyclic) bond motifs is 1. The zero-order valence-corrected chi connectivity index (χ0v) is 15.0. The Morgan fingerprint density at radius 1 is 0.962 bits per heavy atom. The van der Waals surface area contributed by atoms with Crippen LogP contribution in [0.1, 0.15) is 16.7 Å². The molecule has 2 aliphatic rings. The first-order valence-corrected chi connectivity index (χ1v) is 9.09. The van der Waals surface area contributed by atoms with Gasteiger partial charge in [0, 0.05) is 31.9 Å². The van der Waals surface area contributed by atoms with E-state index in [2.05, 4.69) is 37.3 Å². The molecule has 0 saturated carbocycles. The Kier molecular flexibility index (Phi) is 4.37. The summed E-state index contributed by atoms with van der Waals surface area (Å²) in [4.78, 5) is 30.7. The molecule has 2 aromatic carbocycles. The molecule has 2 aromatic rings. The molecule has 2 aliphatic heterocycles. The first kappa shape index (κ1) is 16.6. The molecule has 0 unspecified atom stereocenters. The van der Waals surface area contributed by atoms with Crippen molar-refractivity contribution in [1.82, 2.24) is 9.80 Å². The van der Waals surface area contributed by atoms with Crippen molar-refractivity contribution in [2.45, 2.75) is 19.9 Å². The number of carbonyl (C=O) groups is 2. The van der Waals surface area contributed by atoms with E-state index in [1.54, 1.807) is 4.90 Å². The standard InChI is InChI=1S/C21H23N3O2/c1-16-6-8-17(9-7-16)14-22-12-13-23(21(22)26)15-20(25)24-11-10-18-4-2-3-5-19(18)24/h2-9H,10-15H2,1H3. The maximum atomic E-state index is 12.7. The highest BCUT2D eigenvalue weighted by Crippen LogP contribution is 2.27. The predicted molar refractivity (Wildman–Crippen MR) is 101 cm³/mol. The largest absolute Gasteiger partial charge is 0.320 e. The lowest BCUT2D eigenvalue weighted by Gasteiger charge is -2.22. The molecule has 2 heterocycles. The molecule has 0 radical (unpaired) electrons. The lowest BCUT2D eigenvalue weighted by Crippen LogP contribution is -2.41. The maximum absolute atomic E-state index is 12.7. The van der Waals surface area contributed by atoms with Crippen LogP contribution < -0.4 is 4.90 Å². The Bertz CT molecular complexity index is 831. The Hall–Kier alpha value is -2.82. The SMILES string of the molecule is Cc1ccc(CN2CCN(CC(=O)N3CCc4ccccc43)C2=O)cc1. The van der Waals surface area contributed by atoms with Gasteiger partial charge in [0.05, 0.1) is 0 Å². The number of rotatable bonds is 4. The summed E-state index contributed by atoms with van der Waals surface area (Å²) in [6.07, 6.45) is 0.884. The number of anilines is 1. The second kappa shape index (κ2) is 6.83. The molecule has 0 atom stereocenters. The van der Waals surface area contributed by atoms with Crippen LogP contribution in [0.2, 0.25) is 0 Å². The quantitative estimate of drug-likeness (QED) is 0.852. The first-order chi connectivity index (χ1) is 12.6. The van der Waals surface area contributed by atoms with Gasteiger partial charge in [-0.3, -0.25) is 4.79 Å². The zero-order valence-electron chi connectivity index (χ0n) is 15.0. The highest BCUT2D eigenvalue weighted by Gasteiger charge is 2.32. The lowest BCUT2D eigenvalue weighted by atomic mass is 10.1. The molecule has 5 heteroatoms. The van der Waals surface area contributed by atoms with Crippen molar-refractivity contribution in [3.8, 4) is 0 Å². The fourth-order valence-electron chi connectivity index (χ4n) is 3.69. The summed E-state index contributed by atoms with van der Waals surface area (Å²) in [5.41, 5.74) is 4.51. The van der Waals surface area contributed by atoms with Crippen molar-refractivity contribution in [3.63, 3.8) is 0 Å². The number of para-hydroxylation sites is 1. The molecule has 0 bridgehead atoms. The average molecular weight is 349 g/mol. The maximum Gasteiger partial charge on any atom is 0.320 e.